The Kier molecular flexibility index (Phi) is 5.13. The van der Waals surface area contributed by atoms with Crippen LogP contribution in [0.4, 0.5) is 5.69 Å². The van der Waals surface area contributed by atoms with Gasteiger partial charge in [-0.05, 0) is 18.2 Å². The molecule has 130 valence electrons. The smallest absolute Gasteiger partial charge is 0.258 e. The molecule has 1 aliphatic rings. The van der Waals surface area contributed by atoms with Crippen LogP contribution in [0, 0.1) is 0 Å². The summed E-state index contributed by atoms with van der Waals surface area (Å²) >= 11 is 0. The van der Waals surface area contributed by atoms with Crippen molar-refractivity contribution in [1.82, 2.24) is 10.3 Å². The van der Waals surface area contributed by atoms with Crippen LogP contribution in [0.2, 0.25) is 0 Å². The molecule has 0 bridgehead atoms. The van der Waals surface area contributed by atoms with Gasteiger partial charge in [-0.15, -0.1) is 0 Å². The number of aromatic nitrogens is 1. The van der Waals surface area contributed by atoms with E-state index in [-0.39, 0.29) is 30.9 Å². The molecular weight excluding hydrogens is 322 g/mol. The van der Waals surface area contributed by atoms with Crippen LogP contribution in [-0.4, -0.2) is 43.1 Å². The number of carbonyl (C=O) groups excluding carboxylic acids is 2. The second-order valence-electron chi connectivity index (χ2n) is 5.63. The molecule has 0 saturated carbocycles. The Bertz CT molecular complexity index is 751. The lowest BCUT2D eigenvalue weighted by atomic mass is 10.2. The summed E-state index contributed by atoms with van der Waals surface area (Å²) in [6.07, 6.45) is 1.85. The molecule has 1 N–H and O–H groups in total. The van der Waals surface area contributed by atoms with Crippen LogP contribution in [0.25, 0.3) is 0 Å². The number of hydrogen-bond acceptors (Lipinski definition) is 5. The van der Waals surface area contributed by atoms with Gasteiger partial charge in [0.25, 0.3) is 5.91 Å². The maximum absolute atomic E-state index is 12.2. The second kappa shape index (κ2) is 7.65. The normalized spacial score (nSPS) is 16.6. The molecule has 2 aromatic rings. The van der Waals surface area contributed by atoms with E-state index in [2.05, 4.69) is 10.3 Å². The predicted octanol–water partition coefficient (Wildman–Crippen LogP) is 1.39. The fourth-order valence-corrected chi connectivity index (χ4v) is 2.67. The number of ether oxygens (including phenoxy) is 2. The molecule has 7 nitrogen and oxygen atoms in total. The van der Waals surface area contributed by atoms with Crippen molar-refractivity contribution >= 4 is 17.5 Å². The molecule has 0 radical (unpaired) electrons. The van der Waals surface area contributed by atoms with E-state index in [1.165, 1.54) is 0 Å². The SMILES string of the molecule is COc1cccc(N2C[C@H](NC(=O)COc3ccccn3)CC2=O)c1. The van der Waals surface area contributed by atoms with E-state index in [0.29, 0.717) is 18.2 Å². The highest BCUT2D eigenvalue weighted by molar-refractivity contribution is 5.97. The van der Waals surface area contributed by atoms with Crippen LogP contribution >= 0.6 is 0 Å². The number of carbonyl (C=O) groups is 2. The Morgan fingerprint density at radius 1 is 1.32 bits per heavy atom. The Morgan fingerprint density at radius 2 is 2.20 bits per heavy atom. The lowest BCUT2D eigenvalue weighted by Crippen LogP contribution is -2.39. The number of benzene rings is 1. The number of amides is 2. The van der Waals surface area contributed by atoms with Gasteiger partial charge in [0.2, 0.25) is 11.8 Å². The standard InChI is InChI=1S/C18H19N3O4/c1-24-15-6-4-5-14(10-15)21-11-13(9-18(21)23)20-16(22)12-25-17-7-2-3-8-19-17/h2-8,10,13H,9,11-12H2,1H3,(H,20,22)/t13-/m1/s1. The molecule has 1 atom stereocenters. The molecule has 0 aliphatic carbocycles. The van der Waals surface area contributed by atoms with Crippen LogP contribution in [0.3, 0.4) is 0 Å². The monoisotopic (exact) mass is 341 g/mol. The molecule has 0 spiro atoms. The minimum atomic E-state index is -0.282. The van der Waals surface area contributed by atoms with Gasteiger partial charge in [0.15, 0.2) is 6.61 Å². The van der Waals surface area contributed by atoms with E-state index in [9.17, 15) is 9.59 Å². The van der Waals surface area contributed by atoms with Crippen molar-refractivity contribution in [2.45, 2.75) is 12.5 Å². The highest BCUT2D eigenvalue weighted by Gasteiger charge is 2.31. The first-order chi connectivity index (χ1) is 12.2. The number of methoxy groups -OCH3 is 1. The largest absolute Gasteiger partial charge is 0.497 e. The Balaban J connectivity index is 1.54. The zero-order valence-corrected chi connectivity index (χ0v) is 13.8. The van der Waals surface area contributed by atoms with Crippen molar-refractivity contribution in [1.29, 1.82) is 0 Å². The van der Waals surface area contributed by atoms with E-state index in [1.54, 1.807) is 42.5 Å². The van der Waals surface area contributed by atoms with Crippen molar-refractivity contribution in [2.24, 2.45) is 0 Å². The summed E-state index contributed by atoms with van der Waals surface area (Å²) < 4.78 is 10.5. The van der Waals surface area contributed by atoms with Gasteiger partial charge in [-0.3, -0.25) is 9.59 Å². The molecule has 2 amide bonds. The summed E-state index contributed by atoms with van der Waals surface area (Å²) in [6.45, 7) is 0.280. The van der Waals surface area contributed by atoms with E-state index in [4.69, 9.17) is 9.47 Å². The molecule has 3 rings (SSSR count). The van der Waals surface area contributed by atoms with Crippen LogP contribution < -0.4 is 19.7 Å². The fourth-order valence-electron chi connectivity index (χ4n) is 2.67. The van der Waals surface area contributed by atoms with E-state index < -0.39 is 0 Å². The van der Waals surface area contributed by atoms with Gasteiger partial charge < -0.3 is 19.7 Å². The first kappa shape index (κ1) is 16.8. The van der Waals surface area contributed by atoms with Gasteiger partial charge in [0, 0.05) is 37.0 Å². The maximum Gasteiger partial charge on any atom is 0.258 e. The summed E-state index contributed by atoms with van der Waals surface area (Å²) in [7, 11) is 1.58. The lowest BCUT2D eigenvalue weighted by molar-refractivity contribution is -0.123. The molecule has 1 aliphatic heterocycles. The van der Waals surface area contributed by atoms with E-state index >= 15 is 0 Å². The molecule has 1 aromatic carbocycles. The minimum absolute atomic E-state index is 0.0378. The third-order valence-corrected chi connectivity index (χ3v) is 3.84. The number of nitrogens with zero attached hydrogens (tertiary/aromatic N) is 2. The van der Waals surface area contributed by atoms with Crippen LogP contribution in [-0.2, 0) is 9.59 Å². The quantitative estimate of drug-likeness (QED) is 0.859. The zero-order valence-electron chi connectivity index (χ0n) is 13.8. The third-order valence-electron chi connectivity index (χ3n) is 3.84. The predicted molar refractivity (Wildman–Crippen MR) is 91.6 cm³/mol. The average molecular weight is 341 g/mol. The molecular formula is C18H19N3O4. The Morgan fingerprint density at radius 3 is 2.96 bits per heavy atom. The van der Waals surface area contributed by atoms with Crippen molar-refractivity contribution in [2.75, 3.05) is 25.2 Å². The van der Waals surface area contributed by atoms with Crippen molar-refractivity contribution in [3.8, 4) is 11.6 Å². The fraction of sp³-hybridized carbons (Fsp3) is 0.278. The minimum Gasteiger partial charge on any atom is -0.497 e. The number of rotatable bonds is 6. The lowest BCUT2D eigenvalue weighted by Gasteiger charge is -2.18. The van der Waals surface area contributed by atoms with E-state index in [0.717, 1.165) is 5.69 Å². The number of pyridine rings is 1. The number of anilines is 1. The molecule has 1 saturated heterocycles. The van der Waals surface area contributed by atoms with Crippen molar-refractivity contribution in [3.63, 3.8) is 0 Å². The first-order valence-electron chi connectivity index (χ1n) is 7.93. The molecule has 1 aromatic heterocycles. The highest BCUT2D eigenvalue weighted by atomic mass is 16.5. The van der Waals surface area contributed by atoms with Gasteiger partial charge >= 0.3 is 0 Å². The number of nitrogens with one attached hydrogen (secondary N) is 1. The summed E-state index contributed by atoms with van der Waals surface area (Å²) in [5.41, 5.74) is 0.755. The molecule has 7 heteroatoms. The topological polar surface area (TPSA) is 80.8 Å². The first-order valence-corrected chi connectivity index (χ1v) is 7.93. The van der Waals surface area contributed by atoms with Crippen molar-refractivity contribution in [3.05, 3.63) is 48.7 Å². The Hall–Kier alpha value is -3.09. The maximum atomic E-state index is 12.2. The molecule has 25 heavy (non-hydrogen) atoms. The van der Waals surface area contributed by atoms with Gasteiger partial charge in [-0.2, -0.15) is 0 Å². The van der Waals surface area contributed by atoms with Crippen LogP contribution in [0.1, 0.15) is 6.42 Å². The second-order valence-corrected chi connectivity index (χ2v) is 5.63. The molecule has 0 unspecified atom stereocenters. The summed E-state index contributed by atoms with van der Waals surface area (Å²) in [4.78, 5) is 29.9. The van der Waals surface area contributed by atoms with Gasteiger partial charge in [-0.25, -0.2) is 4.98 Å². The molecule has 2 heterocycles. The zero-order chi connectivity index (χ0) is 17.6. The Labute approximate surface area is 145 Å². The van der Waals surface area contributed by atoms with Gasteiger partial charge in [0.05, 0.1) is 13.2 Å². The number of hydrogen-bond donors (Lipinski definition) is 1. The van der Waals surface area contributed by atoms with Crippen molar-refractivity contribution < 1.29 is 19.1 Å². The van der Waals surface area contributed by atoms with Gasteiger partial charge in [-0.1, -0.05) is 12.1 Å². The summed E-state index contributed by atoms with van der Waals surface area (Å²) in [5, 5.41) is 2.82. The van der Waals surface area contributed by atoms with Crippen LogP contribution in [0.5, 0.6) is 11.6 Å². The third kappa shape index (κ3) is 4.26. The molecule has 1 fully saturated rings. The average Bonchev–Trinajstić information content (AvgIpc) is 3.01. The highest BCUT2D eigenvalue weighted by Crippen LogP contribution is 2.25. The van der Waals surface area contributed by atoms with Gasteiger partial charge in [0.1, 0.15) is 5.75 Å². The summed E-state index contributed by atoms with van der Waals surface area (Å²) in [5.74, 6) is 0.750. The van der Waals surface area contributed by atoms with E-state index in [1.807, 2.05) is 18.2 Å². The van der Waals surface area contributed by atoms with Crippen LogP contribution in [0.15, 0.2) is 48.7 Å². The summed E-state index contributed by atoms with van der Waals surface area (Å²) in [6, 6.07) is 12.3.